The number of halogens is 1. The highest BCUT2D eigenvalue weighted by Gasteiger charge is 2.04. The highest BCUT2D eigenvalue weighted by atomic mass is 19.1. The molecule has 0 unspecified atom stereocenters. The zero-order valence-corrected chi connectivity index (χ0v) is 14.5. The van der Waals surface area contributed by atoms with E-state index in [1.165, 1.54) is 12.1 Å². The minimum atomic E-state index is -0.250. The molecule has 6 heteroatoms. The van der Waals surface area contributed by atoms with Gasteiger partial charge < -0.3 is 16.0 Å². The van der Waals surface area contributed by atoms with E-state index in [1.807, 2.05) is 25.1 Å². The first-order valence-electron chi connectivity index (χ1n) is 8.20. The summed E-state index contributed by atoms with van der Waals surface area (Å²) < 4.78 is 12.9. The third-order valence-corrected chi connectivity index (χ3v) is 3.55. The van der Waals surface area contributed by atoms with Crippen LogP contribution in [0.5, 0.6) is 0 Å². The van der Waals surface area contributed by atoms with Gasteiger partial charge in [-0.25, -0.2) is 9.38 Å². The maximum absolute atomic E-state index is 12.9. The topological polar surface area (TPSA) is 65.5 Å². The predicted molar refractivity (Wildman–Crippen MR) is 97.9 cm³/mol. The summed E-state index contributed by atoms with van der Waals surface area (Å²) in [5.74, 6) is 0.296. The Kier molecular flexibility index (Phi) is 6.95. The molecule has 0 saturated heterocycles. The molecule has 0 aliphatic heterocycles. The minimum Gasteiger partial charge on any atom is -0.357 e. The van der Waals surface area contributed by atoms with Crippen LogP contribution in [-0.2, 0) is 13.1 Å². The smallest absolute Gasteiger partial charge is 0.251 e. The molecule has 0 heterocycles. The summed E-state index contributed by atoms with van der Waals surface area (Å²) in [5, 5.41) is 8.99. The van der Waals surface area contributed by atoms with Gasteiger partial charge in [-0.05, 0) is 42.3 Å². The molecule has 2 rings (SSSR count). The van der Waals surface area contributed by atoms with Crippen molar-refractivity contribution >= 4 is 11.9 Å². The molecular formula is C19H23FN4O. The first-order chi connectivity index (χ1) is 12.1. The zero-order valence-electron chi connectivity index (χ0n) is 14.5. The monoisotopic (exact) mass is 342 g/mol. The summed E-state index contributed by atoms with van der Waals surface area (Å²) in [4.78, 5) is 16.2. The Hall–Kier alpha value is -2.89. The minimum absolute atomic E-state index is 0.118. The van der Waals surface area contributed by atoms with E-state index >= 15 is 0 Å². The SMILES string of the molecule is CCNC(=NCc1cccc(C(=O)NC)c1)NCc1ccc(F)cc1. The van der Waals surface area contributed by atoms with Crippen molar-refractivity contribution in [2.75, 3.05) is 13.6 Å². The maximum atomic E-state index is 12.9. The lowest BCUT2D eigenvalue weighted by atomic mass is 10.1. The summed E-state index contributed by atoms with van der Waals surface area (Å²) in [5.41, 5.74) is 2.52. The summed E-state index contributed by atoms with van der Waals surface area (Å²) >= 11 is 0. The average Bonchev–Trinajstić information content (AvgIpc) is 2.65. The quantitative estimate of drug-likeness (QED) is 0.558. The standard InChI is InChI=1S/C19H23FN4O/c1-3-22-19(23-12-14-7-9-17(20)10-8-14)24-13-15-5-4-6-16(11-15)18(25)21-2/h4-11H,3,12-13H2,1-2H3,(H,21,25)(H2,22,23,24). The molecule has 0 spiro atoms. The molecule has 25 heavy (non-hydrogen) atoms. The highest BCUT2D eigenvalue weighted by Crippen LogP contribution is 2.07. The normalized spacial score (nSPS) is 11.1. The van der Waals surface area contributed by atoms with Crippen molar-refractivity contribution in [2.24, 2.45) is 4.99 Å². The lowest BCUT2D eigenvalue weighted by Gasteiger charge is -2.11. The van der Waals surface area contributed by atoms with Crippen LogP contribution in [0.4, 0.5) is 4.39 Å². The van der Waals surface area contributed by atoms with Gasteiger partial charge in [0.2, 0.25) is 0 Å². The Labute approximate surface area is 147 Å². The number of hydrogen-bond acceptors (Lipinski definition) is 2. The fourth-order valence-corrected chi connectivity index (χ4v) is 2.26. The molecule has 0 radical (unpaired) electrons. The van der Waals surface area contributed by atoms with Crippen LogP contribution in [0.2, 0.25) is 0 Å². The van der Waals surface area contributed by atoms with Crippen LogP contribution >= 0.6 is 0 Å². The third-order valence-electron chi connectivity index (χ3n) is 3.55. The summed E-state index contributed by atoms with van der Waals surface area (Å²) in [6.45, 7) is 3.71. The van der Waals surface area contributed by atoms with Crippen LogP contribution in [0.15, 0.2) is 53.5 Å². The van der Waals surface area contributed by atoms with Crippen molar-refractivity contribution in [3.8, 4) is 0 Å². The number of nitrogens with zero attached hydrogens (tertiary/aromatic N) is 1. The zero-order chi connectivity index (χ0) is 18.1. The molecule has 2 aromatic rings. The van der Waals surface area contributed by atoms with Crippen LogP contribution in [0.25, 0.3) is 0 Å². The molecule has 0 aliphatic carbocycles. The number of benzene rings is 2. The van der Waals surface area contributed by atoms with E-state index in [0.717, 1.165) is 17.7 Å². The van der Waals surface area contributed by atoms with Crippen LogP contribution in [0.3, 0.4) is 0 Å². The highest BCUT2D eigenvalue weighted by molar-refractivity contribution is 5.94. The van der Waals surface area contributed by atoms with Gasteiger partial charge in [-0.2, -0.15) is 0 Å². The Bertz CT molecular complexity index is 728. The van der Waals surface area contributed by atoms with E-state index in [-0.39, 0.29) is 11.7 Å². The fraction of sp³-hybridized carbons (Fsp3) is 0.263. The van der Waals surface area contributed by atoms with Crippen molar-refractivity contribution in [1.82, 2.24) is 16.0 Å². The van der Waals surface area contributed by atoms with E-state index in [1.54, 1.807) is 25.2 Å². The van der Waals surface area contributed by atoms with Crippen molar-refractivity contribution in [3.05, 3.63) is 71.0 Å². The number of rotatable bonds is 6. The molecule has 2 aromatic carbocycles. The van der Waals surface area contributed by atoms with Crippen LogP contribution in [-0.4, -0.2) is 25.5 Å². The number of guanidine groups is 1. The van der Waals surface area contributed by atoms with E-state index < -0.39 is 0 Å². The van der Waals surface area contributed by atoms with E-state index in [4.69, 9.17) is 0 Å². The van der Waals surface area contributed by atoms with Crippen molar-refractivity contribution in [3.63, 3.8) is 0 Å². The summed E-state index contributed by atoms with van der Waals surface area (Å²) in [6, 6.07) is 13.7. The number of amides is 1. The molecule has 1 amide bonds. The van der Waals surface area contributed by atoms with Crippen LogP contribution in [0.1, 0.15) is 28.4 Å². The lowest BCUT2D eigenvalue weighted by molar-refractivity contribution is 0.0963. The number of aliphatic imine (C=N–C) groups is 1. The van der Waals surface area contributed by atoms with Crippen molar-refractivity contribution < 1.29 is 9.18 Å². The second-order valence-electron chi connectivity index (χ2n) is 5.45. The first kappa shape index (κ1) is 18.4. The van der Waals surface area contributed by atoms with Crippen LogP contribution in [0, 0.1) is 5.82 Å². The van der Waals surface area contributed by atoms with E-state index in [2.05, 4.69) is 20.9 Å². The number of carbonyl (C=O) groups excluding carboxylic acids is 1. The van der Waals surface area contributed by atoms with Gasteiger partial charge in [0, 0.05) is 25.7 Å². The third kappa shape index (κ3) is 5.91. The summed E-state index contributed by atoms with van der Waals surface area (Å²) in [6.07, 6.45) is 0. The molecule has 0 aliphatic rings. The van der Waals surface area contributed by atoms with Gasteiger partial charge in [-0.15, -0.1) is 0 Å². The Morgan fingerprint density at radius 2 is 1.84 bits per heavy atom. The second-order valence-corrected chi connectivity index (χ2v) is 5.45. The lowest BCUT2D eigenvalue weighted by Crippen LogP contribution is -2.36. The molecule has 0 aromatic heterocycles. The van der Waals surface area contributed by atoms with Gasteiger partial charge in [0.1, 0.15) is 5.82 Å². The van der Waals surface area contributed by atoms with Crippen molar-refractivity contribution in [2.45, 2.75) is 20.0 Å². The fourth-order valence-electron chi connectivity index (χ4n) is 2.26. The van der Waals surface area contributed by atoms with Gasteiger partial charge in [0.25, 0.3) is 5.91 Å². The number of carbonyl (C=O) groups is 1. The molecule has 0 atom stereocenters. The Morgan fingerprint density at radius 1 is 1.08 bits per heavy atom. The predicted octanol–water partition coefficient (Wildman–Crippen LogP) is 2.44. The van der Waals surface area contributed by atoms with Gasteiger partial charge in [-0.3, -0.25) is 4.79 Å². The van der Waals surface area contributed by atoms with Gasteiger partial charge in [0.05, 0.1) is 6.54 Å². The molecular weight excluding hydrogens is 319 g/mol. The Morgan fingerprint density at radius 3 is 2.52 bits per heavy atom. The molecule has 0 fully saturated rings. The first-order valence-corrected chi connectivity index (χ1v) is 8.20. The maximum Gasteiger partial charge on any atom is 0.251 e. The molecule has 0 saturated carbocycles. The Balaban J connectivity index is 2.01. The summed E-state index contributed by atoms with van der Waals surface area (Å²) in [7, 11) is 1.61. The largest absolute Gasteiger partial charge is 0.357 e. The number of hydrogen-bond donors (Lipinski definition) is 3. The van der Waals surface area contributed by atoms with E-state index in [0.29, 0.717) is 24.6 Å². The molecule has 132 valence electrons. The molecule has 0 bridgehead atoms. The van der Waals surface area contributed by atoms with Crippen LogP contribution < -0.4 is 16.0 Å². The van der Waals surface area contributed by atoms with Gasteiger partial charge in [0.15, 0.2) is 5.96 Å². The van der Waals surface area contributed by atoms with Gasteiger partial charge in [-0.1, -0.05) is 24.3 Å². The second kappa shape index (κ2) is 9.42. The molecule has 5 nitrogen and oxygen atoms in total. The number of nitrogens with one attached hydrogen (secondary N) is 3. The van der Waals surface area contributed by atoms with Crippen molar-refractivity contribution in [1.29, 1.82) is 0 Å². The van der Waals surface area contributed by atoms with Gasteiger partial charge >= 0.3 is 0 Å². The van der Waals surface area contributed by atoms with E-state index in [9.17, 15) is 9.18 Å². The average molecular weight is 342 g/mol. The molecule has 3 N–H and O–H groups in total.